The van der Waals surface area contributed by atoms with Crippen LogP contribution >= 0.6 is 0 Å². The summed E-state index contributed by atoms with van der Waals surface area (Å²) in [6.45, 7) is 1.90. The maximum Gasteiger partial charge on any atom is 0.159 e. The first-order valence-corrected chi connectivity index (χ1v) is 11.2. The molecule has 0 aliphatic heterocycles. The van der Waals surface area contributed by atoms with Crippen molar-refractivity contribution in [3.8, 4) is 28.1 Å². The summed E-state index contributed by atoms with van der Waals surface area (Å²) in [6.07, 6.45) is 7.66. The summed E-state index contributed by atoms with van der Waals surface area (Å²) >= 11 is 0. The lowest BCUT2D eigenvalue weighted by Gasteiger charge is -2.15. The third kappa shape index (κ3) is 4.49. The van der Waals surface area contributed by atoms with Crippen molar-refractivity contribution in [2.45, 2.75) is 19.4 Å². The quantitative estimate of drug-likeness (QED) is 0.298. The van der Waals surface area contributed by atoms with E-state index in [9.17, 15) is 4.79 Å². The van der Waals surface area contributed by atoms with Gasteiger partial charge in [-0.3, -0.25) is 9.78 Å². The van der Waals surface area contributed by atoms with Crippen molar-refractivity contribution in [2.24, 2.45) is 5.73 Å². The maximum absolute atomic E-state index is 11.9. The van der Waals surface area contributed by atoms with E-state index in [1.807, 2.05) is 48.7 Å². The summed E-state index contributed by atoms with van der Waals surface area (Å²) in [6, 6.07) is 19.3. The first-order valence-electron chi connectivity index (χ1n) is 11.2. The van der Waals surface area contributed by atoms with Gasteiger partial charge in [-0.1, -0.05) is 36.4 Å². The fraction of sp³-hybridized carbons (Fsp3) is 0.143. The van der Waals surface area contributed by atoms with Gasteiger partial charge in [0.15, 0.2) is 5.78 Å². The standard InChI is InChI=1S/C28H25N3O3/c1-18(32)19-5-4-6-20(11-19)26-13-24(15-31-28(26)21-9-10-33-16-21)34-17-23(29)12-22-14-30-27-8-3-2-7-25(22)27/h2-11,13-16,23,30H,12,17,29H2,1H3/t23-/m1/s1. The van der Waals surface area contributed by atoms with Crippen LogP contribution in [0.2, 0.25) is 0 Å². The molecular weight excluding hydrogens is 426 g/mol. The molecule has 0 aliphatic rings. The maximum atomic E-state index is 11.9. The second-order valence-electron chi connectivity index (χ2n) is 8.35. The number of para-hydroxylation sites is 1. The first kappa shape index (κ1) is 21.7. The number of carbonyl (C=O) groups excluding carboxylic acids is 1. The Morgan fingerprint density at radius 1 is 1.12 bits per heavy atom. The van der Waals surface area contributed by atoms with Crippen LogP contribution in [0, 0.1) is 0 Å². The fourth-order valence-electron chi connectivity index (χ4n) is 4.12. The van der Waals surface area contributed by atoms with Crippen molar-refractivity contribution in [1.29, 1.82) is 0 Å². The lowest BCUT2D eigenvalue weighted by Crippen LogP contribution is -2.30. The minimum absolute atomic E-state index is 0.00956. The molecule has 0 bridgehead atoms. The SMILES string of the molecule is CC(=O)c1cccc(-c2cc(OC[C@H](N)Cc3c[nH]c4ccccc34)cnc2-c2ccoc2)c1. The topological polar surface area (TPSA) is 94.1 Å². The fourth-order valence-corrected chi connectivity index (χ4v) is 4.12. The van der Waals surface area contributed by atoms with Crippen LogP contribution in [0.15, 0.2) is 90.0 Å². The highest BCUT2D eigenvalue weighted by Crippen LogP contribution is 2.34. The molecule has 0 unspecified atom stereocenters. The van der Waals surface area contributed by atoms with E-state index in [0.717, 1.165) is 27.9 Å². The summed E-state index contributed by atoms with van der Waals surface area (Å²) in [5.74, 6) is 0.625. The number of fused-ring (bicyclic) bond motifs is 1. The average Bonchev–Trinajstić information content (AvgIpc) is 3.53. The normalized spacial score (nSPS) is 12.1. The third-order valence-corrected chi connectivity index (χ3v) is 5.86. The van der Waals surface area contributed by atoms with Gasteiger partial charge in [0.1, 0.15) is 12.4 Å². The highest BCUT2D eigenvalue weighted by atomic mass is 16.5. The van der Waals surface area contributed by atoms with Gasteiger partial charge in [-0.25, -0.2) is 0 Å². The number of H-pyrrole nitrogens is 1. The Morgan fingerprint density at radius 2 is 2.00 bits per heavy atom. The van der Waals surface area contributed by atoms with Crippen molar-refractivity contribution in [3.63, 3.8) is 0 Å². The molecule has 34 heavy (non-hydrogen) atoms. The van der Waals surface area contributed by atoms with Gasteiger partial charge in [0.2, 0.25) is 0 Å². The van der Waals surface area contributed by atoms with Gasteiger partial charge >= 0.3 is 0 Å². The number of Topliss-reactive ketones (excluding diaryl/α,β-unsaturated/α-hetero) is 1. The number of benzene rings is 2. The number of rotatable bonds is 8. The van der Waals surface area contributed by atoms with Crippen LogP contribution in [0.5, 0.6) is 5.75 Å². The molecule has 5 rings (SSSR count). The Bertz CT molecular complexity index is 1440. The van der Waals surface area contributed by atoms with Crippen molar-refractivity contribution in [2.75, 3.05) is 6.61 Å². The molecule has 0 fully saturated rings. The minimum Gasteiger partial charge on any atom is -0.490 e. The number of ketones is 1. The van der Waals surface area contributed by atoms with E-state index >= 15 is 0 Å². The molecule has 0 saturated carbocycles. The molecule has 3 heterocycles. The molecule has 0 saturated heterocycles. The second kappa shape index (κ2) is 9.37. The molecule has 0 amide bonds. The van der Waals surface area contributed by atoms with Crippen LogP contribution in [0.25, 0.3) is 33.3 Å². The zero-order chi connectivity index (χ0) is 23.5. The number of pyridine rings is 1. The molecule has 0 radical (unpaired) electrons. The average molecular weight is 452 g/mol. The van der Waals surface area contributed by atoms with Crippen LogP contribution in [0.3, 0.4) is 0 Å². The summed E-state index contributed by atoms with van der Waals surface area (Å²) in [5.41, 5.74) is 12.7. The smallest absolute Gasteiger partial charge is 0.159 e. The van der Waals surface area contributed by atoms with Gasteiger partial charge < -0.3 is 19.9 Å². The molecule has 2 aromatic carbocycles. The molecule has 1 atom stereocenters. The van der Waals surface area contributed by atoms with Crippen LogP contribution in [-0.2, 0) is 6.42 Å². The number of aromatic amines is 1. The van der Waals surface area contributed by atoms with E-state index in [2.05, 4.69) is 22.1 Å². The number of carbonyl (C=O) groups is 1. The van der Waals surface area contributed by atoms with E-state index in [1.54, 1.807) is 31.7 Å². The molecule has 3 aromatic heterocycles. The number of nitrogens with one attached hydrogen (secondary N) is 1. The molecule has 5 aromatic rings. The Kier molecular flexibility index (Phi) is 5.97. The largest absolute Gasteiger partial charge is 0.490 e. The predicted octanol–water partition coefficient (Wildman–Crippen LogP) is 5.64. The molecule has 170 valence electrons. The lowest BCUT2D eigenvalue weighted by atomic mass is 9.98. The molecule has 6 nitrogen and oxygen atoms in total. The molecule has 6 heteroatoms. The van der Waals surface area contributed by atoms with Crippen LogP contribution in [0.4, 0.5) is 0 Å². The highest BCUT2D eigenvalue weighted by Gasteiger charge is 2.15. The molecule has 0 aliphatic carbocycles. The van der Waals surface area contributed by atoms with E-state index in [0.29, 0.717) is 24.3 Å². The summed E-state index contributed by atoms with van der Waals surface area (Å²) in [5, 5.41) is 1.18. The van der Waals surface area contributed by atoms with Crippen molar-refractivity contribution < 1.29 is 13.9 Å². The Hall–Kier alpha value is -4.16. The highest BCUT2D eigenvalue weighted by molar-refractivity contribution is 5.96. The Balaban J connectivity index is 1.38. The minimum atomic E-state index is -0.183. The van der Waals surface area contributed by atoms with Crippen molar-refractivity contribution in [3.05, 3.63) is 96.7 Å². The Morgan fingerprint density at radius 3 is 2.82 bits per heavy atom. The van der Waals surface area contributed by atoms with Crippen molar-refractivity contribution in [1.82, 2.24) is 9.97 Å². The summed E-state index contributed by atoms with van der Waals surface area (Å²) in [7, 11) is 0. The molecular formula is C28H25N3O3. The van der Waals surface area contributed by atoms with Crippen LogP contribution in [-0.4, -0.2) is 28.4 Å². The lowest BCUT2D eigenvalue weighted by molar-refractivity contribution is 0.101. The van der Waals surface area contributed by atoms with Crippen LogP contribution < -0.4 is 10.5 Å². The van der Waals surface area contributed by atoms with Crippen molar-refractivity contribution >= 4 is 16.7 Å². The van der Waals surface area contributed by atoms with E-state index in [-0.39, 0.29) is 11.8 Å². The zero-order valence-corrected chi connectivity index (χ0v) is 18.8. The number of hydrogen-bond donors (Lipinski definition) is 2. The monoisotopic (exact) mass is 451 g/mol. The van der Waals surface area contributed by atoms with E-state index in [1.165, 1.54) is 10.9 Å². The molecule has 0 spiro atoms. The third-order valence-electron chi connectivity index (χ3n) is 5.86. The number of nitrogens with zero attached hydrogens (tertiary/aromatic N) is 1. The Labute approximate surface area is 197 Å². The van der Waals surface area contributed by atoms with Gasteiger partial charge in [-0.2, -0.15) is 0 Å². The number of nitrogens with two attached hydrogens (primary N) is 1. The number of ether oxygens (including phenoxy) is 1. The molecule has 3 N–H and O–H groups in total. The number of furan rings is 1. The number of hydrogen-bond acceptors (Lipinski definition) is 5. The zero-order valence-electron chi connectivity index (χ0n) is 18.8. The summed E-state index contributed by atoms with van der Waals surface area (Å²) < 4.78 is 11.3. The van der Waals surface area contributed by atoms with Gasteiger partial charge in [0, 0.05) is 39.8 Å². The number of aromatic nitrogens is 2. The van der Waals surface area contributed by atoms with Gasteiger partial charge in [-0.15, -0.1) is 0 Å². The van der Waals surface area contributed by atoms with Gasteiger partial charge in [0.25, 0.3) is 0 Å². The van der Waals surface area contributed by atoms with E-state index < -0.39 is 0 Å². The van der Waals surface area contributed by atoms with Gasteiger partial charge in [-0.05, 0) is 48.7 Å². The predicted molar refractivity (Wildman–Crippen MR) is 133 cm³/mol. The van der Waals surface area contributed by atoms with E-state index in [4.69, 9.17) is 14.9 Å². The van der Waals surface area contributed by atoms with Crippen LogP contribution in [0.1, 0.15) is 22.8 Å². The first-order chi connectivity index (χ1) is 16.6. The summed E-state index contributed by atoms with van der Waals surface area (Å²) in [4.78, 5) is 19.9. The second-order valence-corrected chi connectivity index (χ2v) is 8.35. The van der Waals surface area contributed by atoms with Gasteiger partial charge in [0.05, 0.1) is 24.4 Å².